The van der Waals surface area contributed by atoms with Gasteiger partial charge >= 0.3 is 5.97 Å². The predicted molar refractivity (Wildman–Crippen MR) is 106 cm³/mol. The van der Waals surface area contributed by atoms with Crippen LogP contribution >= 0.6 is 0 Å². The average Bonchev–Trinajstić information content (AvgIpc) is 2.76. The molecule has 3 aromatic rings. The molecule has 0 heterocycles. The normalized spacial score (nSPS) is 12.4. The minimum absolute atomic E-state index is 0.120. The molecule has 0 N–H and O–H groups in total. The standard InChI is InChI=1S/C24H19NO3/c1-2-28-23(27)24(17-25,20-11-7-4-8-12-20)21-15-13-19(14-16-21)22(26)18-9-5-3-6-10-18/h3-16H,2H2,1H3. The molecule has 3 rings (SSSR count). The first-order valence-corrected chi connectivity index (χ1v) is 8.97. The molecule has 0 aliphatic rings. The van der Waals surface area contributed by atoms with E-state index in [2.05, 4.69) is 6.07 Å². The van der Waals surface area contributed by atoms with Gasteiger partial charge in [0.25, 0.3) is 0 Å². The predicted octanol–water partition coefficient (Wildman–Crippen LogP) is 4.29. The fraction of sp³-hybridized carbons (Fsp3) is 0.125. The molecule has 0 aliphatic heterocycles. The van der Waals surface area contributed by atoms with Crippen LogP contribution in [0.5, 0.6) is 0 Å². The SMILES string of the molecule is CCOC(=O)C(C#N)(c1ccccc1)c1ccc(C(=O)c2ccccc2)cc1. The lowest BCUT2D eigenvalue weighted by Gasteiger charge is -2.25. The molecule has 0 aromatic heterocycles. The van der Waals surface area contributed by atoms with Gasteiger partial charge in [0, 0.05) is 11.1 Å². The highest BCUT2D eigenvalue weighted by atomic mass is 16.5. The molecular weight excluding hydrogens is 350 g/mol. The minimum Gasteiger partial charge on any atom is -0.464 e. The first-order valence-electron chi connectivity index (χ1n) is 8.97. The van der Waals surface area contributed by atoms with Crippen LogP contribution in [-0.2, 0) is 14.9 Å². The van der Waals surface area contributed by atoms with Crippen LogP contribution in [0.2, 0.25) is 0 Å². The molecule has 138 valence electrons. The Balaban J connectivity index is 2.06. The molecule has 0 saturated heterocycles. The topological polar surface area (TPSA) is 67.2 Å². The van der Waals surface area contributed by atoms with E-state index in [1.54, 1.807) is 79.7 Å². The van der Waals surface area contributed by atoms with Gasteiger partial charge in [-0.2, -0.15) is 5.26 Å². The maximum Gasteiger partial charge on any atom is 0.335 e. The van der Waals surface area contributed by atoms with Crippen molar-refractivity contribution < 1.29 is 14.3 Å². The van der Waals surface area contributed by atoms with Gasteiger partial charge in [-0.25, -0.2) is 4.79 Å². The second kappa shape index (κ2) is 8.32. The summed E-state index contributed by atoms with van der Waals surface area (Å²) in [6.45, 7) is 1.87. The molecule has 3 aromatic carbocycles. The van der Waals surface area contributed by atoms with Gasteiger partial charge in [0.2, 0.25) is 5.41 Å². The van der Waals surface area contributed by atoms with Crippen molar-refractivity contribution in [3.63, 3.8) is 0 Å². The van der Waals surface area contributed by atoms with Crippen LogP contribution in [0.1, 0.15) is 34.0 Å². The molecule has 4 heteroatoms. The Morgan fingerprint density at radius 1 is 0.821 bits per heavy atom. The van der Waals surface area contributed by atoms with Crippen molar-refractivity contribution in [2.45, 2.75) is 12.3 Å². The molecular formula is C24H19NO3. The van der Waals surface area contributed by atoms with Crippen molar-refractivity contribution in [3.8, 4) is 6.07 Å². The summed E-state index contributed by atoms with van der Waals surface area (Å²) in [6.07, 6.45) is 0. The molecule has 0 aliphatic carbocycles. The first kappa shape index (κ1) is 19.1. The second-order valence-corrected chi connectivity index (χ2v) is 6.22. The highest BCUT2D eigenvalue weighted by Gasteiger charge is 2.44. The molecule has 1 unspecified atom stereocenters. The fourth-order valence-corrected chi connectivity index (χ4v) is 3.13. The number of nitriles is 1. The number of hydrogen-bond donors (Lipinski definition) is 0. The average molecular weight is 369 g/mol. The van der Waals surface area contributed by atoms with Crippen molar-refractivity contribution in [1.29, 1.82) is 5.26 Å². The molecule has 4 nitrogen and oxygen atoms in total. The highest BCUT2D eigenvalue weighted by molar-refractivity contribution is 6.09. The van der Waals surface area contributed by atoms with Gasteiger partial charge in [-0.05, 0) is 18.1 Å². The van der Waals surface area contributed by atoms with E-state index < -0.39 is 11.4 Å². The number of carbonyl (C=O) groups excluding carboxylic acids is 2. The molecule has 0 radical (unpaired) electrons. The zero-order valence-corrected chi connectivity index (χ0v) is 15.5. The summed E-state index contributed by atoms with van der Waals surface area (Å²) >= 11 is 0. The first-order chi connectivity index (χ1) is 13.6. The third kappa shape index (κ3) is 3.43. The molecule has 0 fully saturated rings. The number of rotatable bonds is 6. The van der Waals surface area contributed by atoms with Crippen LogP contribution in [0.3, 0.4) is 0 Å². The monoisotopic (exact) mass is 369 g/mol. The van der Waals surface area contributed by atoms with E-state index >= 15 is 0 Å². The Morgan fingerprint density at radius 3 is 1.86 bits per heavy atom. The zero-order valence-electron chi connectivity index (χ0n) is 15.5. The van der Waals surface area contributed by atoms with Crippen molar-refractivity contribution in [2.24, 2.45) is 0 Å². The third-order valence-corrected chi connectivity index (χ3v) is 4.57. The molecule has 0 saturated carbocycles. The highest BCUT2D eigenvalue weighted by Crippen LogP contribution is 2.33. The zero-order chi connectivity index (χ0) is 20.0. The van der Waals surface area contributed by atoms with Crippen molar-refractivity contribution in [2.75, 3.05) is 6.61 Å². The summed E-state index contributed by atoms with van der Waals surface area (Å²) in [6, 6.07) is 26.5. The molecule has 0 spiro atoms. The Morgan fingerprint density at radius 2 is 1.32 bits per heavy atom. The Bertz CT molecular complexity index is 1010. The lowest BCUT2D eigenvalue weighted by atomic mass is 9.75. The lowest BCUT2D eigenvalue weighted by Crippen LogP contribution is -2.37. The van der Waals surface area contributed by atoms with Crippen molar-refractivity contribution in [1.82, 2.24) is 0 Å². The molecule has 28 heavy (non-hydrogen) atoms. The Labute approximate surface area is 164 Å². The van der Waals surface area contributed by atoms with Gasteiger partial charge in [0.05, 0.1) is 12.7 Å². The summed E-state index contributed by atoms with van der Waals surface area (Å²) in [5.41, 5.74) is 0.460. The van der Waals surface area contributed by atoms with Gasteiger partial charge in [-0.3, -0.25) is 4.79 Å². The van der Waals surface area contributed by atoms with Crippen LogP contribution < -0.4 is 0 Å². The van der Waals surface area contributed by atoms with Crippen LogP contribution in [0, 0.1) is 11.3 Å². The lowest BCUT2D eigenvalue weighted by molar-refractivity contribution is -0.146. The van der Waals surface area contributed by atoms with E-state index in [1.807, 2.05) is 12.1 Å². The minimum atomic E-state index is -1.59. The Hall–Kier alpha value is -3.71. The van der Waals surface area contributed by atoms with E-state index in [0.717, 1.165) is 0 Å². The van der Waals surface area contributed by atoms with Gasteiger partial charge in [0.1, 0.15) is 0 Å². The third-order valence-electron chi connectivity index (χ3n) is 4.57. The van der Waals surface area contributed by atoms with E-state index in [-0.39, 0.29) is 12.4 Å². The Kier molecular flexibility index (Phi) is 5.67. The van der Waals surface area contributed by atoms with Crippen molar-refractivity contribution in [3.05, 3.63) is 107 Å². The van der Waals surface area contributed by atoms with Crippen LogP contribution in [0.15, 0.2) is 84.9 Å². The largest absolute Gasteiger partial charge is 0.464 e. The van der Waals surface area contributed by atoms with Gasteiger partial charge in [0.15, 0.2) is 5.78 Å². The van der Waals surface area contributed by atoms with E-state index in [1.165, 1.54) is 0 Å². The smallest absolute Gasteiger partial charge is 0.335 e. The number of ketones is 1. The summed E-state index contributed by atoms with van der Waals surface area (Å²) in [5.74, 6) is -0.753. The number of nitrogens with zero attached hydrogens (tertiary/aromatic N) is 1. The van der Waals surface area contributed by atoms with Crippen molar-refractivity contribution >= 4 is 11.8 Å². The van der Waals surface area contributed by atoms with Gasteiger partial charge in [-0.15, -0.1) is 0 Å². The maximum atomic E-state index is 12.8. The summed E-state index contributed by atoms with van der Waals surface area (Å²) in [7, 11) is 0. The quantitative estimate of drug-likeness (QED) is 0.480. The van der Waals surface area contributed by atoms with Gasteiger partial charge in [-0.1, -0.05) is 84.9 Å². The number of benzene rings is 3. The fourth-order valence-electron chi connectivity index (χ4n) is 3.13. The second-order valence-electron chi connectivity index (χ2n) is 6.22. The summed E-state index contributed by atoms with van der Waals surface area (Å²) < 4.78 is 5.23. The molecule has 1 atom stereocenters. The van der Waals surface area contributed by atoms with E-state index in [0.29, 0.717) is 22.3 Å². The summed E-state index contributed by atoms with van der Waals surface area (Å²) in [5, 5.41) is 10.0. The number of esters is 1. The molecule has 0 bridgehead atoms. The van der Waals surface area contributed by atoms with Gasteiger partial charge < -0.3 is 4.74 Å². The number of ether oxygens (including phenoxy) is 1. The summed E-state index contributed by atoms with van der Waals surface area (Å²) in [4.78, 5) is 25.5. The van der Waals surface area contributed by atoms with E-state index in [9.17, 15) is 14.9 Å². The number of carbonyl (C=O) groups is 2. The van der Waals surface area contributed by atoms with Crippen LogP contribution in [0.4, 0.5) is 0 Å². The van der Waals surface area contributed by atoms with Crippen LogP contribution in [0.25, 0.3) is 0 Å². The van der Waals surface area contributed by atoms with Crippen LogP contribution in [-0.4, -0.2) is 18.4 Å². The number of hydrogen-bond acceptors (Lipinski definition) is 4. The molecule has 0 amide bonds. The maximum absolute atomic E-state index is 12.8. The van der Waals surface area contributed by atoms with E-state index in [4.69, 9.17) is 4.74 Å².